The van der Waals surface area contributed by atoms with Crippen LogP contribution in [0, 0.1) is 5.41 Å². The number of carbonyl (C=O) groups is 1. The lowest BCUT2D eigenvalue weighted by atomic mass is 9.85. The second-order valence-electron chi connectivity index (χ2n) is 5.98. The zero-order valence-corrected chi connectivity index (χ0v) is 11.5. The van der Waals surface area contributed by atoms with Gasteiger partial charge < -0.3 is 15.1 Å². The smallest absolute Gasteiger partial charge is 0.261 e. The number of nitrogens with zero attached hydrogens (tertiary/aromatic N) is 1. The van der Waals surface area contributed by atoms with Gasteiger partial charge in [-0.25, -0.2) is 0 Å². The molecule has 0 atom stereocenters. The van der Waals surface area contributed by atoms with E-state index in [1.807, 2.05) is 0 Å². The summed E-state index contributed by atoms with van der Waals surface area (Å²) in [4.78, 5) is 14.1. The molecule has 1 aromatic carbocycles. The van der Waals surface area contributed by atoms with E-state index in [1.165, 1.54) is 18.2 Å². The third-order valence-electron chi connectivity index (χ3n) is 3.86. The summed E-state index contributed by atoms with van der Waals surface area (Å²) in [5, 5.41) is 19.5. The molecule has 0 aliphatic carbocycles. The SMILES string of the molecule is CC1(C)CCCN(C(=O)c2c(O)cccc2O)CC1. The van der Waals surface area contributed by atoms with Crippen molar-refractivity contribution in [1.29, 1.82) is 0 Å². The first-order valence-corrected chi connectivity index (χ1v) is 6.71. The van der Waals surface area contributed by atoms with Gasteiger partial charge in [-0.2, -0.15) is 0 Å². The maximum absolute atomic E-state index is 12.4. The summed E-state index contributed by atoms with van der Waals surface area (Å²) in [7, 11) is 0. The number of rotatable bonds is 1. The second kappa shape index (κ2) is 5.11. The molecule has 1 heterocycles. The normalized spacial score (nSPS) is 18.9. The summed E-state index contributed by atoms with van der Waals surface area (Å²) in [5.41, 5.74) is 0.262. The first kappa shape index (κ1) is 13.7. The van der Waals surface area contributed by atoms with Crippen molar-refractivity contribution in [3.05, 3.63) is 23.8 Å². The van der Waals surface area contributed by atoms with Gasteiger partial charge in [-0.15, -0.1) is 0 Å². The lowest BCUT2D eigenvalue weighted by Gasteiger charge is -2.23. The zero-order chi connectivity index (χ0) is 14.0. The quantitative estimate of drug-likeness (QED) is 0.819. The fourth-order valence-corrected chi connectivity index (χ4v) is 2.53. The number of phenolic OH excluding ortho intramolecular Hbond substituents is 2. The molecule has 19 heavy (non-hydrogen) atoms. The first-order chi connectivity index (χ1) is 8.91. The van der Waals surface area contributed by atoms with Crippen molar-refractivity contribution in [1.82, 2.24) is 4.90 Å². The van der Waals surface area contributed by atoms with Gasteiger partial charge in [-0.3, -0.25) is 4.79 Å². The molecule has 1 aliphatic rings. The van der Waals surface area contributed by atoms with Crippen LogP contribution in [0.2, 0.25) is 0 Å². The summed E-state index contributed by atoms with van der Waals surface area (Å²) >= 11 is 0. The van der Waals surface area contributed by atoms with Gasteiger partial charge in [0.25, 0.3) is 5.91 Å². The van der Waals surface area contributed by atoms with Crippen molar-refractivity contribution in [2.75, 3.05) is 13.1 Å². The number of hydrogen-bond donors (Lipinski definition) is 2. The van der Waals surface area contributed by atoms with Gasteiger partial charge in [0.15, 0.2) is 0 Å². The van der Waals surface area contributed by atoms with E-state index in [9.17, 15) is 15.0 Å². The minimum Gasteiger partial charge on any atom is -0.507 e. The molecule has 2 rings (SSSR count). The number of hydrogen-bond acceptors (Lipinski definition) is 3. The van der Waals surface area contributed by atoms with Crippen LogP contribution < -0.4 is 0 Å². The van der Waals surface area contributed by atoms with Crippen LogP contribution in [0.5, 0.6) is 11.5 Å². The maximum atomic E-state index is 12.4. The van der Waals surface area contributed by atoms with E-state index in [0.29, 0.717) is 13.1 Å². The lowest BCUT2D eigenvalue weighted by molar-refractivity contribution is 0.0751. The van der Waals surface area contributed by atoms with E-state index in [4.69, 9.17) is 0 Å². The number of aromatic hydroxyl groups is 2. The highest BCUT2D eigenvalue weighted by atomic mass is 16.3. The third kappa shape index (κ3) is 3.00. The molecule has 1 saturated heterocycles. The van der Waals surface area contributed by atoms with Gasteiger partial charge >= 0.3 is 0 Å². The highest BCUT2D eigenvalue weighted by Crippen LogP contribution is 2.32. The summed E-state index contributed by atoms with van der Waals surface area (Å²) in [6, 6.07) is 4.37. The summed E-state index contributed by atoms with van der Waals surface area (Å²) in [5.74, 6) is -0.602. The Morgan fingerprint density at radius 3 is 2.42 bits per heavy atom. The van der Waals surface area contributed by atoms with Gasteiger partial charge in [-0.1, -0.05) is 19.9 Å². The fourth-order valence-electron chi connectivity index (χ4n) is 2.53. The second-order valence-corrected chi connectivity index (χ2v) is 5.98. The Morgan fingerprint density at radius 2 is 1.79 bits per heavy atom. The average molecular weight is 263 g/mol. The third-order valence-corrected chi connectivity index (χ3v) is 3.86. The van der Waals surface area contributed by atoms with Crippen molar-refractivity contribution in [3.8, 4) is 11.5 Å². The van der Waals surface area contributed by atoms with E-state index in [2.05, 4.69) is 13.8 Å². The van der Waals surface area contributed by atoms with E-state index < -0.39 is 0 Å². The van der Waals surface area contributed by atoms with Crippen LogP contribution in [-0.2, 0) is 0 Å². The van der Waals surface area contributed by atoms with Crippen molar-refractivity contribution < 1.29 is 15.0 Å². The molecule has 0 spiro atoms. The molecule has 0 bridgehead atoms. The minimum absolute atomic E-state index is 0.0159. The molecule has 0 aromatic heterocycles. The molecule has 1 aromatic rings. The Morgan fingerprint density at radius 1 is 1.16 bits per heavy atom. The number of benzene rings is 1. The molecule has 1 amide bonds. The standard InChI is InChI=1S/C15H21NO3/c1-15(2)7-4-9-16(10-8-15)14(19)13-11(17)5-3-6-12(13)18/h3,5-6,17-18H,4,7-10H2,1-2H3. The molecule has 1 aliphatic heterocycles. The number of carbonyl (C=O) groups excluding carboxylic acids is 1. The van der Waals surface area contributed by atoms with Crippen LogP contribution in [0.25, 0.3) is 0 Å². The molecule has 4 nitrogen and oxygen atoms in total. The van der Waals surface area contributed by atoms with Crippen LogP contribution in [0.4, 0.5) is 0 Å². The van der Waals surface area contributed by atoms with Gasteiger partial charge in [0.05, 0.1) is 0 Å². The monoisotopic (exact) mass is 263 g/mol. The zero-order valence-electron chi connectivity index (χ0n) is 11.5. The Labute approximate surface area is 113 Å². The molecule has 0 saturated carbocycles. The predicted octanol–water partition coefficient (Wildman–Crippen LogP) is 2.75. The van der Waals surface area contributed by atoms with E-state index >= 15 is 0 Å². The highest BCUT2D eigenvalue weighted by molar-refractivity contribution is 5.99. The Hall–Kier alpha value is -1.71. The topological polar surface area (TPSA) is 60.8 Å². The highest BCUT2D eigenvalue weighted by Gasteiger charge is 2.28. The fraction of sp³-hybridized carbons (Fsp3) is 0.533. The van der Waals surface area contributed by atoms with Crippen LogP contribution in [0.15, 0.2) is 18.2 Å². The van der Waals surface area contributed by atoms with E-state index in [-0.39, 0.29) is 28.4 Å². The summed E-state index contributed by atoms with van der Waals surface area (Å²) in [6.07, 6.45) is 2.98. The molecule has 2 N–H and O–H groups in total. The average Bonchev–Trinajstić information content (AvgIpc) is 2.50. The first-order valence-electron chi connectivity index (χ1n) is 6.71. The van der Waals surface area contributed by atoms with E-state index in [0.717, 1.165) is 19.3 Å². The van der Waals surface area contributed by atoms with E-state index in [1.54, 1.807) is 4.90 Å². The predicted molar refractivity (Wildman–Crippen MR) is 73.3 cm³/mol. The molecule has 0 radical (unpaired) electrons. The Bertz CT molecular complexity index is 462. The minimum atomic E-state index is -0.284. The number of amides is 1. The maximum Gasteiger partial charge on any atom is 0.261 e. The van der Waals surface area contributed by atoms with Crippen LogP contribution in [0.3, 0.4) is 0 Å². The van der Waals surface area contributed by atoms with Crippen LogP contribution >= 0.6 is 0 Å². The molecule has 4 heteroatoms. The molecular formula is C15H21NO3. The molecule has 0 unspecified atom stereocenters. The van der Waals surface area contributed by atoms with Crippen LogP contribution in [-0.4, -0.2) is 34.1 Å². The van der Waals surface area contributed by atoms with Crippen molar-refractivity contribution in [2.24, 2.45) is 5.41 Å². The van der Waals surface area contributed by atoms with Gasteiger partial charge in [0.2, 0.25) is 0 Å². The number of phenols is 2. The Kier molecular flexibility index (Phi) is 3.69. The largest absolute Gasteiger partial charge is 0.507 e. The van der Waals surface area contributed by atoms with Crippen molar-refractivity contribution in [3.63, 3.8) is 0 Å². The Balaban J connectivity index is 2.20. The van der Waals surface area contributed by atoms with Crippen LogP contribution in [0.1, 0.15) is 43.5 Å². The van der Waals surface area contributed by atoms with Gasteiger partial charge in [0.1, 0.15) is 17.1 Å². The van der Waals surface area contributed by atoms with Gasteiger partial charge in [0, 0.05) is 13.1 Å². The van der Waals surface area contributed by atoms with Crippen molar-refractivity contribution in [2.45, 2.75) is 33.1 Å². The molecule has 104 valence electrons. The molecule has 1 fully saturated rings. The number of likely N-dealkylation sites (tertiary alicyclic amines) is 1. The van der Waals surface area contributed by atoms with Gasteiger partial charge in [-0.05, 0) is 36.8 Å². The summed E-state index contributed by atoms with van der Waals surface area (Å²) < 4.78 is 0. The van der Waals surface area contributed by atoms with Crippen molar-refractivity contribution >= 4 is 5.91 Å². The summed E-state index contributed by atoms with van der Waals surface area (Å²) in [6.45, 7) is 5.76. The lowest BCUT2D eigenvalue weighted by Crippen LogP contribution is -2.32. The molecular weight excluding hydrogens is 242 g/mol.